The van der Waals surface area contributed by atoms with Gasteiger partial charge >= 0.3 is 0 Å². The fourth-order valence-electron chi connectivity index (χ4n) is 2.10. The van der Waals surface area contributed by atoms with E-state index in [1.54, 1.807) is 11.8 Å². The van der Waals surface area contributed by atoms with Crippen molar-refractivity contribution >= 4 is 17.6 Å². The lowest BCUT2D eigenvalue weighted by Gasteiger charge is -2.08. The Balaban J connectivity index is 2.14. The number of anilines is 1. The minimum absolute atomic E-state index is 0.291. The number of hydrogen-bond donors (Lipinski definition) is 1. The third-order valence-electron chi connectivity index (χ3n) is 2.92. The summed E-state index contributed by atoms with van der Waals surface area (Å²) in [5, 5.41) is 0.945. The normalized spacial score (nSPS) is 11.1. The molecule has 0 saturated carbocycles. The molecule has 0 atom stereocenters. The smallest absolute Gasteiger partial charge is 0.134 e. The maximum Gasteiger partial charge on any atom is 0.134 e. The van der Waals surface area contributed by atoms with Crippen LogP contribution in [0.2, 0.25) is 0 Å². The van der Waals surface area contributed by atoms with Crippen molar-refractivity contribution in [3.63, 3.8) is 0 Å². The molecule has 20 heavy (non-hydrogen) atoms. The first-order valence-corrected chi connectivity index (χ1v) is 7.77. The zero-order chi connectivity index (χ0) is 14.7. The molecule has 0 spiro atoms. The number of rotatable bonds is 4. The highest BCUT2D eigenvalue weighted by Gasteiger charge is 2.07. The molecule has 1 aromatic carbocycles. The maximum absolute atomic E-state index is 5.85. The largest absolute Gasteiger partial charge is 0.384 e. The molecule has 3 nitrogen and oxygen atoms in total. The number of thioether (sulfide) groups is 1. The summed E-state index contributed by atoms with van der Waals surface area (Å²) >= 11 is 1.71. The summed E-state index contributed by atoms with van der Waals surface area (Å²) in [7, 11) is 0. The first kappa shape index (κ1) is 14.9. The third-order valence-corrected chi connectivity index (χ3v) is 3.91. The number of hydrogen-bond acceptors (Lipinski definition) is 4. The van der Waals surface area contributed by atoms with Crippen LogP contribution in [0.25, 0.3) is 0 Å². The summed E-state index contributed by atoms with van der Waals surface area (Å²) in [5.74, 6) is 2.55. The number of benzene rings is 1. The molecule has 0 unspecified atom stereocenters. The van der Waals surface area contributed by atoms with Crippen LogP contribution in [0, 0.1) is 13.8 Å². The van der Waals surface area contributed by atoms with E-state index in [-0.39, 0.29) is 0 Å². The van der Waals surface area contributed by atoms with Crippen molar-refractivity contribution in [3.8, 4) is 0 Å². The SMILES string of the molecule is Cc1cc(C)cc(CSc2cc(N)nc(C(C)C)n2)c1. The molecule has 0 radical (unpaired) electrons. The van der Waals surface area contributed by atoms with Crippen LogP contribution in [0.5, 0.6) is 0 Å². The Hall–Kier alpha value is -1.55. The van der Waals surface area contributed by atoms with Crippen LogP contribution < -0.4 is 5.73 Å². The average Bonchev–Trinajstić information content (AvgIpc) is 2.34. The molecule has 0 amide bonds. The molecule has 2 N–H and O–H groups in total. The van der Waals surface area contributed by atoms with Crippen molar-refractivity contribution in [3.05, 3.63) is 46.8 Å². The van der Waals surface area contributed by atoms with Crippen LogP contribution in [0.3, 0.4) is 0 Å². The van der Waals surface area contributed by atoms with Gasteiger partial charge in [-0.3, -0.25) is 0 Å². The molecule has 2 rings (SSSR count). The summed E-state index contributed by atoms with van der Waals surface area (Å²) in [6.07, 6.45) is 0. The van der Waals surface area contributed by atoms with Gasteiger partial charge < -0.3 is 5.73 Å². The molecule has 0 aliphatic carbocycles. The highest BCUT2D eigenvalue weighted by atomic mass is 32.2. The van der Waals surface area contributed by atoms with Crippen LogP contribution in [0.4, 0.5) is 5.82 Å². The minimum atomic E-state index is 0.291. The Morgan fingerprint density at radius 1 is 1.05 bits per heavy atom. The van der Waals surface area contributed by atoms with Crippen molar-refractivity contribution in [1.29, 1.82) is 0 Å². The van der Waals surface area contributed by atoms with Crippen LogP contribution in [-0.2, 0) is 5.75 Å². The average molecular weight is 287 g/mol. The Morgan fingerprint density at radius 3 is 2.30 bits per heavy atom. The summed E-state index contributed by atoms with van der Waals surface area (Å²) in [6.45, 7) is 8.40. The van der Waals surface area contributed by atoms with Gasteiger partial charge in [-0.05, 0) is 19.4 Å². The number of nitrogen functional groups attached to an aromatic ring is 1. The molecule has 4 heteroatoms. The molecule has 1 aromatic heterocycles. The first-order chi connectivity index (χ1) is 9.44. The molecular weight excluding hydrogens is 266 g/mol. The summed E-state index contributed by atoms with van der Waals surface area (Å²) in [6, 6.07) is 8.47. The summed E-state index contributed by atoms with van der Waals surface area (Å²) in [4.78, 5) is 8.83. The summed E-state index contributed by atoms with van der Waals surface area (Å²) < 4.78 is 0. The van der Waals surface area contributed by atoms with Gasteiger partial charge in [0.15, 0.2) is 0 Å². The fourth-order valence-corrected chi connectivity index (χ4v) is 2.95. The monoisotopic (exact) mass is 287 g/mol. The first-order valence-electron chi connectivity index (χ1n) is 6.78. The second-order valence-corrected chi connectivity index (χ2v) is 6.42. The Labute approximate surface area is 125 Å². The zero-order valence-corrected chi connectivity index (χ0v) is 13.3. The van der Waals surface area contributed by atoms with Gasteiger partial charge in [-0.1, -0.05) is 43.2 Å². The number of aromatic nitrogens is 2. The Bertz CT molecular complexity index is 588. The van der Waals surface area contributed by atoms with Gasteiger partial charge in [0, 0.05) is 17.7 Å². The molecule has 0 bridgehead atoms. The van der Waals surface area contributed by atoms with E-state index in [4.69, 9.17) is 5.73 Å². The second kappa shape index (κ2) is 6.27. The van der Waals surface area contributed by atoms with Gasteiger partial charge in [0.1, 0.15) is 16.7 Å². The number of nitrogens with two attached hydrogens (primary N) is 1. The van der Waals surface area contributed by atoms with Crippen molar-refractivity contribution in [2.45, 2.75) is 44.4 Å². The Morgan fingerprint density at radius 2 is 1.70 bits per heavy atom. The van der Waals surface area contributed by atoms with Crippen molar-refractivity contribution in [2.24, 2.45) is 0 Å². The standard InChI is InChI=1S/C16H21N3S/c1-10(2)16-18-14(17)8-15(19-16)20-9-13-6-11(3)5-12(4)7-13/h5-8,10H,9H2,1-4H3,(H2,17,18,19). The number of nitrogens with zero attached hydrogens (tertiary/aromatic N) is 2. The van der Waals surface area contributed by atoms with E-state index < -0.39 is 0 Å². The lowest BCUT2D eigenvalue weighted by molar-refractivity contribution is 0.756. The number of aryl methyl sites for hydroxylation is 2. The molecule has 0 saturated heterocycles. The second-order valence-electron chi connectivity index (χ2n) is 5.43. The molecule has 0 aliphatic rings. The third kappa shape index (κ3) is 3.97. The maximum atomic E-state index is 5.85. The zero-order valence-electron chi connectivity index (χ0n) is 12.5. The predicted octanol–water partition coefficient (Wildman–Crippen LogP) is 4.09. The van der Waals surface area contributed by atoms with E-state index in [1.807, 2.05) is 6.07 Å². The van der Waals surface area contributed by atoms with Gasteiger partial charge in [-0.25, -0.2) is 9.97 Å². The van der Waals surface area contributed by atoms with E-state index >= 15 is 0 Å². The molecule has 1 heterocycles. The van der Waals surface area contributed by atoms with Crippen LogP contribution in [-0.4, -0.2) is 9.97 Å². The van der Waals surface area contributed by atoms with Gasteiger partial charge in [0.05, 0.1) is 0 Å². The van der Waals surface area contributed by atoms with Crippen LogP contribution >= 0.6 is 11.8 Å². The molecule has 0 aliphatic heterocycles. The fraction of sp³-hybridized carbons (Fsp3) is 0.375. The van der Waals surface area contributed by atoms with Gasteiger partial charge in [-0.2, -0.15) is 0 Å². The van der Waals surface area contributed by atoms with E-state index in [0.717, 1.165) is 16.6 Å². The van der Waals surface area contributed by atoms with Gasteiger partial charge in [0.25, 0.3) is 0 Å². The lowest BCUT2D eigenvalue weighted by atomic mass is 10.1. The minimum Gasteiger partial charge on any atom is -0.384 e. The Kier molecular flexibility index (Phi) is 4.65. The lowest BCUT2D eigenvalue weighted by Crippen LogP contribution is -2.02. The predicted molar refractivity (Wildman–Crippen MR) is 86.0 cm³/mol. The van der Waals surface area contributed by atoms with Crippen molar-refractivity contribution in [2.75, 3.05) is 5.73 Å². The van der Waals surface area contributed by atoms with Gasteiger partial charge in [-0.15, -0.1) is 11.8 Å². The van der Waals surface area contributed by atoms with Gasteiger partial charge in [0.2, 0.25) is 0 Å². The van der Waals surface area contributed by atoms with E-state index in [1.165, 1.54) is 16.7 Å². The van der Waals surface area contributed by atoms with E-state index in [2.05, 4.69) is 55.9 Å². The molecule has 0 fully saturated rings. The molecule has 2 aromatic rings. The van der Waals surface area contributed by atoms with Crippen molar-refractivity contribution < 1.29 is 0 Å². The van der Waals surface area contributed by atoms with Crippen LogP contribution in [0.15, 0.2) is 29.3 Å². The van der Waals surface area contributed by atoms with E-state index in [0.29, 0.717) is 11.7 Å². The van der Waals surface area contributed by atoms with Crippen molar-refractivity contribution in [1.82, 2.24) is 9.97 Å². The molecular formula is C16H21N3S. The quantitative estimate of drug-likeness (QED) is 0.679. The summed E-state index contributed by atoms with van der Waals surface area (Å²) in [5.41, 5.74) is 9.76. The highest BCUT2D eigenvalue weighted by molar-refractivity contribution is 7.98. The molecule has 106 valence electrons. The van der Waals surface area contributed by atoms with Crippen LogP contribution in [0.1, 0.15) is 42.3 Å². The topological polar surface area (TPSA) is 51.8 Å². The highest BCUT2D eigenvalue weighted by Crippen LogP contribution is 2.24. The van der Waals surface area contributed by atoms with E-state index in [9.17, 15) is 0 Å².